The van der Waals surface area contributed by atoms with Gasteiger partial charge in [0, 0.05) is 16.0 Å². The Morgan fingerprint density at radius 3 is 2.63 bits per heavy atom. The number of hydrogen-bond acceptors (Lipinski definition) is 5. The first kappa shape index (κ1) is 20.0. The van der Waals surface area contributed by atoms with E-state index >= 15 is 0 Å². The molecule has 152 valence electrons. The number of carbonyl (C=O) groups is 1. The molecule has 0 amide bonds. The van der Waals surface area contributed by atoms with Crippen molar-refractivity contribution < 1.29 is 9.53 Å². The van der Waals surface area contributed by atoms with E-state index in [1.54, 1.807) is 13.2 Å². The standard InChI is InChI=1S/C24H22N2O3S/c1-14-8-9-17(10-15(14)2)20(27)12-26-13-25-23-22(24(26)28)21(16(3)30-23)18-6-5-7-19(11-18)29-4/h5-11,13H,12H2,1-4H3. The molecule has 0 spiro atoms. The molecule has 4 aromatic rings. The molecule has 0 aliphatic carbocycles. The summed E-state index contributed by atoms with van der Waals surface area (Å²) >= 11 is 1.48. The highest BCUT2D eigenvalue weighted by Crippen LogP contribution is 2.36. The Morgan fingerprint density at radius 2 is 1.90 bits per heavy atom. The summed E-state index contributed by atoms with van der Waals surface area (Å²) in [5.74, 6) is 0.608. The molecular formula is C24H22N2O3S. The van der Waals surface area contributed by atoms with E-state index in [4.69, 9.17) is 4.74 Å². The van der Waals surface area contributed by atoms with Crippen molar-refractivity contribution in [2.45, 2.75) is 27.3 Å². The van der Waals surface area contributed by atoms with Crippen molar-refractivity contribution in [3.8, 4) is 16.9 Å². The van der Waals surface area contributed by atoms with Gasteiger partial charge in [-0.3, -0.25) is 14.2 Å². The average molecular weight is 419 g/mol. The zero-order chi connectivity index (χ0) is 21.4. The fourth-order valence-electron chi connectivity index (χ4n) is 3.54. The predicted octanol–water partition coefficient (Wildman–Crippen LogP) is 4.94. The van der Waals surface area contributed by atoms with E-state index in [2.05, 4.69) is 4.98 Å². The lowest BCUT2D eigenvalue weighted by Crippen LogP contribution is -2.24. The van der Waals surface area contributed by atoms with Crippen molar-refractivity contribution >= 4 is 27.3 Å². The normalized spacial score (nSPS) is 11.1. The van der Waals surface area contributed by atoms with E-state index in [1.807, 2.05) is 57.2 Å². The van der Waals surface area contributed by atoms with Crippen molar-refractivity contribution in [2.75, 3.05) is 7.11 Å². The average Bonchev–Trinajstić information content (AvgIpc) is 3.08. The van der Waals surface area contributed by atoms with Crippen LogP contribution in [0.5, 0.6) is 5.75 Å². The number of aryl methyl sites for hydroxylation is 3. The second kappa shape index (κ2) is 7.88. The number of thiophene rings is 1. The molecule has 0 atom stereocenters. The molecule has 2 aromatic carbocycles. The first-order chi connectivity index (χ1) is 14.4. The van der Waals surface area contributed by atoms with Crippen LogP contribution in [0, 0.1) is 20.8 Å². The SMILES string of the molecule is COc1cccc(-c2c(C)sc3ncn(CC(=O)c4ccc(C)c(C)c4)c(=O)c23)c1. The molecule has 0 bridgehead atoms. The molecule has 2 aromatic heterocycles. The Balaban J connectivity index is 1.79. The van der Waals surface area contributed by atoms with Gasteiger partial charge >= 0.3 is 0 Å². The summed E-state index contributed by atoms with van der Waals surface area (Å²) in [5, 5.41) is 0.543. The number of methoxy groups -OCH3 is 1. The van der Waals surface area contributed by atoms with Crippen molar-refractivity contribution in [1.29, 1.82) is 0 Å². The molecular weight excluding hydrogens is 396 g/mol. The van der Waals surface area contributed by atoms with Crippen molar-refractivity contribution in [3.05, 3.63) is 80.7 Å². The van der Waals surface area contributed by atoms with Gasteiger partial charge in [-0.25, -0.2) is 4.98 Å². The van der Waals surface area contributed by atoms with Gasteiger partial charge in [0.2, 0.25) is 0 Å². The van der Waals surface area contributed by atoms with Crippen LogP contribution in [0.25, 0.3) is 21.3 Å². The van der Waals surface area contributed by atoms with Crippen LogP contribution in [-0.2, 0) is 6.54 Å². The van der Waals surface area contributed by atoms with Crippen LogP contribution in [0.2, 0.25) is 0 Å². The number of hydrogen-bond donors (Lipinski definition) is 0. The van der Waals surface area contributed by atoms with Crippen LogP contribution >= 0.6 is 11.3 Å². The van der Waals surface area contributed by atoms with Gasteiger partial charge in [-0.05, 0) is 55.7 Å². The quantitative estimate of drug-likeness (QED) is 0.431. The van der Waals surface area contributed by atoms with E-state index in [0.717, 1.165) is 32.9 Å². The summed E-state index contributed by atoms with van der Waals surface area (Å²) in [6.45, 7) is 5.91. The smallest absolute Gasteiger partial charge is 0.263 e. The number of aromatic nitrogens is 2. The molecule has 2 heterocycles. The lowest BCUT2D eigenvalue weighted by molar-refractivity contribution is 0.0970. The second-order valence-electron chi connectivity index (χ2n) is 7.35. The summed E-state index contributed by atoms with van der Waals surface area (Å²) in [5.41, 5.74) is 4.31. The van der Waals surface area contributed by atoms with E-state index in [-0.39, 0.29) is 17.9 Å². The number of fused-ring (bicyclic) bond motifs is 1. The summed E-state index contributed by atoms with van der Waals surface area (Å²) in [6.07, 6.45) is 1.47. The zero-order valence-corrected chi connectivity index (χ0v) is 18.2. The van der Waals surface area contributed by atoms with E-state index in [1.165, 1.54) is 22.2 Å². The van der Waals surface area contributed by atoms with E-state index < -0.39 is 0 Å². The van der Waals surface area contributed by atoms with Gasteiger partial charge in [0.25, 0.3) is 5.56 Å². The van der Waals surface area contributed by atoms with Gasteiger partial charge in [-0.1, -0.05) is 24.3 Å². The summed E-state index contributed by atoms with van der Waals surface area (Å²) in [6, 6.07) is 13.2. The van der Waals surface area contributed by atoms with E-state index in [0.29, 0.717) is 15.8 Å². The monoisotopic (exact) mass is 418 g/mol. The van der Waals surface area contributed by atoms with Crippen molar-refractivity contribution in [1.82, 2.24) is 9.55 Å². The Hall–Kier alpha value is -3.25. The maximum absolute atomic E-state index is 13.3. The number of benzene rings is 2. The Kier molecular flexibility index (Phi) is 5.26. The lowest BCUT2D eigenvalue weighted by atomic mass is 10.0. The molecule has 30 heavy (non-hydrogen) atoms. The fourth-order valence-corrected chi connectivity index (χ4v) is 4.54. The molecule has 6 heteroatoms. The Morgan fingerprint density at radius 1 is 1.10 bits per heavy atom. The molecule has 0 aliphatic rings. The van der Waals surface area contributed by atoms with Gasteiger partial charge in [0.15, 0.2) is 5.78 Å². The molecule has 0 aliphatic heterocycles. The van der Waals surface area contributed by atoms with Crippen molar-refractivity contribution in [2.24, 2.45) is 0 Å². The molecule has 0 saturated heterocycles. The van der Waals surface area contributed by atoms with E-state index in [9.17, 15) is 9.59 Å². The molecule has 0 radical (unpaired) electrons. The number of carbonyl (C=O) groups excluding carboxylic acids is 1. The minimum absolute atomic E-state index is 0.0449. The van der Waals surface area contributed by atoms with Crippen LogP contribution in [0.4, 0.5) is 0 Å². The maximum atomic E-state index is 13.3. The largest absolute Gasteiger partial charge is 0.497 e. The predicted molar refractivity (Wildman–Crippen MR) is 121 cm³/mol. The highest BCUT2D eigenvalue weighted by Gasteiger charge is 2.18. The number of ketones is 1. The number of ether oxygens (including phenoxy) is 1. The molecule has 5 nitrogen and oxygen atoms in total. The summed E-state index contributed by atoms with van der Waals surface area (Å²) in [4.78, 5) is 32.3. The highest BCUT2D eigenvalue weighted by atomic mass is 32.1. The lowest BCUT2D eigenvalue weighted by Gasteiger charge is -2.08. The first-order valence-corrected chi connectivity index (χ1v) is 10.4. The minimum Gasteiger partial charge on any atom is -0.497 e. The molecule has 0 fully saturated rings. The van der Waals surface area contributed by atoms with Gasteiger partial charge < -0.3 is 4.74 Å². The first-order valence-electron chi connectivity index (χ1n) is 9.62. The van der Waals surface area contributed by atoms with Gasteiger partial charge in [-0.2, -0.15) is 0 Å². The third-order valence-corrected chi connectivity index (χ3v) is 6.37. The molecule has 4 rings (SSSR count). The minimum atomic E-state index is -0.209. The third-order valence-electron chi connectivity index (χ3n) is 5.36. The van der Waals surface area contributed by atoms with Crippen LogP contribution in [-0.4, -0.2) is 22.4 Å². The topological polar surface area (TPSA) is 61.2 Å². The number of Topliss-reactive ketones (excluding diaryl/α,β-unsaturated/α-hetero) is 1. The Bertz CT molecular complexity index is 1330. The summed E-state index contributed by atoms with van der Waals surface area (Å²) in [7, 11) is 1.62. The molecule has 0 unspecified atom stereocenters. The van der Waals surface area contributed by atoms with Crippen molar-refractivity contribution in [3.63, 3.8) is 0 Å². The van der Waals surface area contributed by atoms with Gasteiger partial charge in [-0.15, -0.1) is 11.3 Å². The van der Waals surface area contributed by atoms with Crippen LogP contribution in [0.15, 0.2) is 53.6 Å². The van der Waals surface area contributed by atoms with Gasteiger partial charge in [0.05, 0.1) is 25.4 Å². The van der Waals surface area contributed by atoms with Crippen LogP contribution < -0.4 is 10.3 Å². The third kappa shape index (κ3) is 3.55. The number of nitrogens with zero attached hydrogens (tertiary/aromatic N) is 2. The van der Waals surface area contributed by atoms with Crippen LogP contribution in [0.1, 0.15) is 26.4 Å². The molecule has 0 N–H and O–H groups in total. The number of rotatable bonds is 5. The second-order valence-corrected chi connectivity index (χ2v) is 8.55. The van der Waals surface area contributed by atoms with Crippen LogP contribution in [0.3, 0.4) is 0 Å². The fraction of sp³-hybridized carbons (Fsp3) is 0.208. The molecule has 0 saturated carbocycles. The highest BCUT2D eigenvalue weighted by molar-refractivity contribution is 7.19. The zero-order valence-electron chi connectivity index (χ0n) is 17.4. The summed E-state index contributed by atoms with van der Waals surface area (Å²) < 4.78 is 6.74. The van der Waals surface area contributed by atoms with Gasteiger partial charge in [0.1, 0.15) is 10.6 Å². The Labute approximate surface area is 178 Å². The maximum Gasteiger partial charge on any atom is 0.263 e.